The number of terminal acetylenes is 1. The largest absolute Gasteiger partial charge is 0.393 e. The van der Waals surface area contributed by atoms with E-state index < -0.39 is 38.5 Å². The molecule has 0 radical (unpaired) electrons. The van der Waals surface area contributed by atoms with Crippen LogP contribution >= 0.6 is 19.2 Å². The molecule has 262 valence electrons. The van der Waals surface area contributed by atoms with Gasteiger partial charge in [0.2, 0.25) is 5.28 Å². The van der Waals surface area contributed by atoms with Gasteiger partial charge in [0.05, 0.1) is 70.1 Å². The summed E-state index contributed by atoms with van der Waals surface area (Å²) in [7, 11) is -4.41. The first-order valence-corrected chi connectivity index (χ1v) is 17.1. The van der Waals surface area contributed by atoms with Gasteiger partial charge >= 0.3 is 7.60 Å². The predicted octanol–water partition coefficient (Wildman–Crippen LogP) is 0.287. The second-order valence-electron chi connectivity index (χ2n) is 10.5. The van der Waals surface area contributed by atoms with Gasteiger partial charge in [-0.3, -0.25) is 4.57 Å². The van der Waals surface area contributed by atoms with Crippen LogP contribution in [0, 0.1) is 12.3 Å². The number of nitrogens with zero attached hydrogens (tertiary/aromatic N) is 5. The van der Waals surface area contributed by atoms with Crippen LogP contribution in [0.4, 0.5) is 5.82 Å². The molecule has 2 aliphatic rings. The molecule has 1 saturated carbocycles. The van der Waals surface area contributed by atoms with Crippen molar-refractivity contribution in [3.05, 3.63) is 11.5 Å². The fourth-order valence-corrected chi connectivity index (χ4v) is 5.31. The molecule has 4 rings (SSSR count). The number of aliphatic hydroxyl groups excluding tert-OH is 2. The maximum atomic E-state index is 11.0. The fraction of sp³-hybridized carbons (Fsp3) is 0.704. The Balaban J connectivity index is 1.17. The first-order chi connectivity index (χ1) is 22.7. The monoisotopic (exact) mass is 706 g/mol. The first kappa shape index (κ1) is 37.3. The third kappa shape index (κ3) is 11.9. The number of anilines is 1. The maximum absolute atomic E-state index is 11.0. The molecule has 2 aromatic heterocycles. The van der Waals surface area contributed by atoms with E-state index in [1.807, 2.05) is 0 Å². The third-order valence-electron chi connectivity index (χ3n) is 6.96. The predicted molar refractivity (Wildman–Crippen MR) is 166 cm³/mol. The van der Waals surface area contributed by atoms with E-state index in [4.69, 9.17) is 61.1 Å². The van der Waals surface area contributed by atoms with Gasteiger partial charge in [-0.05, 0) is 24.4 Å². The summed E-state index contributed by atoms with van der Waals surface area (Å²) in [6.07, 6.45) is 2.75. The standard InChI is InChI=1S/C27H40ClN6O12P/c1-2-5-40-6-7-41-8-9-42-10-11-43-12-13-45-33-19-4-3-18(14-19)30-24-20-15-29-34(25(20)32-27(28)31-24)26-23(36)22(35)21(46-26)16-44-17-47(37,38)39/h1,15,18,21-23,26,35-36H,3-14,16-17H2,(H,30,31,32)(H2,37,38,39)/b33-19+/t18-,21-,22-,23-,26-/m1/s1. The van der Waals surface area contributed by atoms with Crippen LogP contribution in [0.2, 0.25) is 5.28 Å². The molecular formula is C27H40ClN6O12P. The number of ether oxygens (including phenoxy) is 6. The molecule has 1 aliphatic heterocycles. The van der Waals surface area contributed by atoms with Crippen LogP contribution in [0.15, 0.2) is 11.4 Å². The van der Waals surface area contributed by atoms with Crippen molar-refractivity contribution in [2.75, 3.05) is 77.7 Å². The molecule has 18 nitrogen and oxygen atoms in total. The van der Waals surface area contributed by atoms with Gasteiger partial charge in [0, 0.05) is 12.5 Å². The molecule has 0 spiro atoms. The number of halogens is 1. The average molecular weight is 707 g/mol. The lowest BCUT2D eigenvalue weighted by molar-refractivity contribution is -0.0658. The van der Waals surface area contributed by atoms with Crippen molar-refractivity contribution in [2.45, 2.75) is 49.8 Å². The van der Waals surface area contributed by atoms with Crippen LogP contribution in [-0.4, -0.2) is 142 Å². The van der Waals surface area contributed by atoms with E-state index >= 15 is 0 Å². The zero-order chi connectivity index (χ0) is 33.6. The second-order valence-corrected chi connectivity index (χ2v) is 12.5. The van der Waals surface area contributed by atoms with Gasteiger partial charge in [0.1, 0.15) is 43.7 Å². The Kier molecular flexibility index (Phi) is 15.0. The van der Waals surface area contributed by atoms with Crippen molar-refractivity contribution in [2.24, 2.45) is 5.16 Å². The summed E-state index contributed by atoms with van der Waals surface area (Å²) in [4.78, 5) is 31.9. The molecule has 1 aliphatic carbocycles. The van der Waals surface area contributed by atoms with Crippen LogP contribution in [0.1, 0.15) is 25.5 Å². The topological polar surface area (TPSA) is 231 Å². The zero-order valence-electron chi connectivity index (χ0n) is 25.6. The van der Waals surface area contributed by atoms with Crippen LogP contribution in [0.5, 0.6) is 0 Å². The SMILES string of the molecule is C#CCOCCOCCOCCOCCO/N=C1\CC[C@@H](Nc2nc(Cl)nc3c2cnn3[C@@H]2O[C@H](COCP(=O)(O)O)[C@@H](O)[C@H]2O)C1. The molecule has 20 heteroatoms. The van der Waals surface area contributed by atoms with Crippen molar-refractivity contribution in [3.63, 3.8) is 0 Å². The molecule has 0 unspecified atom stereocenters. The molecular weight excluding hydrogens is 667 g/mol. The molecule has 0 bridgehead atoms. The van der Waals surface area contributed by atoms with E-state index in [1.165, 1.54) is 10.9 Å². The Morgan fingerprint density at radius 2 is 1.72 bits per heavy atom. The third-order valence-corrected chi connectivity index (χ3v) is 7.65. The van der Waals surface area contributed by atoms with Gasteiger partial charge in [0.15, 0.2) is 11.9 Å². The van der Waals surface area contributed by atoms with E-state index in [-0.39, 0.29) is 30.2 Å². The Morgan fingerprint density at radius 1 is 1.04 bits per heavy atom. The smallest absolute Gasteiger partial charge is 0.350 e. The summed E-state index contributed by atoms with van der Waals surface area (Å²) in [5.41, 5.74) is 1.13. The molecule has 1 saturated heterocycles. The average Bonchev–Trinajstić information content (AvgIpc) is 3.73. The Labute approximate surface area is 275 Å². The van der Waals surface area contributed by atoms with Crippen molar-refractivity contribution < 1.29 is 57.8 Å². The van der Waals surface area contributed by atoms with Crippen LogP contribution < -0.4 is 5.32 Å². The summed E-state index contributed by atoms with van der Waals surface area (Å²) in [5.74, 6) is 2.80. The highest BCUT2D eigenvalue weighted by molar-refractivity contribution is 7.51. The fourth-order valence-electron chi connectivity index (χ4n) is 4.80. The van der Waals surface area contributed by atoms with Gasteiger partial charge in [-0.25, -0.2) is 4.68 Å². The van der Waals surface area contributed by atoms with E-state index in [9.17, 15) is 14.8 Å². The Bertz CT molecular complexity index is 1390. The molecule has 3 heterocycles. The molecule has 0 aromatic carbocycles. The van der Waals surface area contributed by atoms with Crippen molar-refractivity contribution in [1.82, 2.24) is 19.7 Å². The number of aliphatic hydroxyl groups is 2. The van der Waals surface area contributed by atoms with Gasteiger partial charge in [-0.2, -0.15) is 15.1 Å². The highest BCUT2D eigenvalue weighted by atomic mass is 35.5. The molecule has 5 atom stereocenters. The highest BCUT2D eigenvalue weighted by Gasteiger charge is 2.45. The van der Waals surface area contributed by atoms with Crippen LogP contribution in [0.25, 0.3) is 11.0 Å². The number of fused-ring (bicyclic) bond motifs is 1. The lowest BCUT2D eigenvalue weighted by Crippen LogP contribution is -2.34. The normalized spacial score (nSPS) is 23.9. The van der Waals surface area contributed by atoms with Gasteiger partial charge in [-0.15, -0.1) is 6.42 Å². The lowest BCUT2D eigenvalue weighted by atomic mass is 10.1. The van der Waals surface area contributed by atoms with Crippen molar-refractivity contribution in [1.29, 1.82) is 0 Å². The summed E-state index contributed by atoms with van der Waals surface area (Å²) < 4.78 is 44.4. The highest BCUT2D eigenvalue weighted by Crippen LogP contribution is 2.36. The molecule has 5 N–H and O–H groups in total. The molecule has 2 aromatic rings. The van der Waals surface area contributed by atoms with Crippen molar-refractivity contribution in [3.8, 4) is 12.3 Å². The number of oxime groups is 1. The quantitative estimate of drug-likeness (QED) is 0.0386. The second kappa shape index (κ2) is 18.9. The zero-order valence-corrected chi connectivity index (χ0v) is 27.2. The van der Waals surface area contributed by atoms with E-state index in [0.29, 0.717) is 70.5 Å². The van der Waals surface area contributed by atoms with E-state index in [1.54, 1.807) is 0 Å². The number of hydrogen-bond acceptors (Lipinski definition) is 15. The lowest BCUT2D eigenvalue weighted by Gasteiger charge is -2.17. The number of hydrogen-bond donors (Lipinski definition) is 5. The Hall–Kier alpha value is -2.50. The number of nitrogens with one attached hydrogen (secondary N) is 1. The van der Waals surface area contributed by atoms with E-state index in [2.05, 4.69) is 31.5 Å². The van der Waals surface area contributed by atoms with Crippen LogP contribution in [-0.2, 0) is 37.8 Å². The number of aromatic nitrogens is 4. The maximum Gasteiger partial charge on any atom is 0.350 e. The Morgan fingerprint density at radius 3 is 2.40 bits per heavy atom. The minimum Gasteiger partial charge on any atom is -0.393 e. The number of rotatable bonds is 21. The summed E-state index contributed by atoms with van der Waals surface area (Å²) in [6, 6.07) is -0.0200. The molecule has 0 amide bonds. The van der Waals surface area contributed by atoms with Gasteiger partial charge < -0.3 is 58.6 Å². The van der Waals surface area contributed by atoms with Gasteiger partial charge in [0.25, 0.3) is 0 Å². The molecule has 47 heavy (non-hydrogen) atoms. The summed E-state index contributed by atoms with van der Waals surface area (Å²) >= 11 is 6.23. The molecule has 2 fully saturated rings. The minimum atomic E-state index is -4.41. The van der Waals surface area contributed by atoms with E-state index in [0.717, 1.165) is 18.6 Å². The first-order valence-electron chi connectivity index (χ1n) is 14.9. The van der Waals surface area contributed by atoms with Gasteiger partial charge in [-0.1, -0.05) is 11.1 Å². The minimum absolute atomic E-state index is 0.0200. The summed E-state index contributed by atoms with van der Waals surface area (Å²) in [6.45, 7) is 3.26. The van der Waals surface area contributed by atoms with Crippen LogP contribution in [0.3, 0.4) is 0 Å². The summed E-state index contributed by atoms with van der Waals surface area (Å²) in [5, 5.41) is 33.4. The van der Waals surface area contributed by atoms with Crippen molar-refractivity contribution >= 4 is 41.8 Å².